The number of carbonyl (C=O) groups excluding carboxylic acids is 1. The van der Waals surface area contributed by atoms with E-state index in [2.05, 4.69) is 10.5 Å². The lowest BCUT2D eigenvalue weighted by atomic mass is 10.1. The van der Waals surface area contributed by atoms with E-state index < -0.39 is 5.91 Å². The minimum Gasteiger partial charge on any atom is -0.508 e. The van der Waals surface area contributed by atoms with E-state index in [4.69, 9.17) is 9.47 Å². The lowest BCUT2D eigenvalue weighted by Gasteiger charge is -2.10. The number of hydrogen-bond acceptors (Lipinski definition) is 6. The van der Waals surface area contributed by atoms with Crippen LogP contribution in [0.25, 0.3) is 0 Å². The van der Waals surface area contributed by atoms with Crippen LogP contribution in [-0.2, 0) is 0 Å². The normalized spacial score (nSPS) is 11.0. The number of ether oxygens (including phenoxy) is 2. The molecule has 0 aliphatic carbocycles. The monoisotopic (exact) mass is 330 g/mol. The van der Waals surface area contributed by atoms with E-state index in [-0.39, 0.29) is 17.1 Å². The number of rotatable bonds is 5. The van der Waals surface area contributed by atoms with Crippen molar-refractivity contribution >= 4 is 11.6 Å². The molecule has 0 spiro atoms. The van der Waals surface area contributed by atoms with Crippen molar-refractivity contribution in [1.82, 2.24) is 5.43 Å². The Morgan fingerprint density at radius 3 is 2.29 bits per heavy atom. The van der Waals surface area contributed by atoms with Crippen LogP contribution >= 0.6 is 0 Å². The second-order valence-electron chi connectivity index (χ2n) is 4.94. The van der Waals surface area contributed by atoms with Gasteiger partial charge in [-0.15, -0.1) is 0 Å². The fourth-order valence-electron chi connectivity index (χ4n) is 2.08. The van der Waals surface area contributed by atoms with Crippen molar-refractivity contribution in [1.29, 1.82) is 0 Å². The molecule has 3 N–H and O–H groups in total. The van der Waals surface area contributed by atoms with Crippen LogP contribution in [0.4, 0.5) is 0 Å². The number of phenolic OH excluding ortho intramolecular Hbond substituents is 2. The van der Waals surface area contributed by atoms with E-state index in [1.165, 1.54) is 19.2 Å². The minimum atomic E-state index is -0.562. The molecule has 1 amide bonds. The molecule has 7 heteroatoms. The quantitative estimate of drug-likeness (QED) is 0.577. The molecule has 2 rings (SSSR count). The van der Waals surface area contributed by atoms with Crippen molar-refractivity contribution in [2.45, 2.75) is 6.92 Å². The Kier molecular flexibility index (Phi) is 5.26. The SMILES string of the molecule is COc1ccc(/C(C)=N\NC(=O)c2cc(O)cc(O)c2)c(OC)c1. The number of phenols is 2. The highest BCUT2D eigenvalue weighted by atomic mass is 16.5. The number of hydrogen-bond donors (Lipinski definition) is 3. The van der Waals surface area contributed by atoms with Gasteiger partial charge in [0.1, 0.15) is 23.0 Å². The maximum Gasteiger partial charge on any atom is 0.271 e. The zero-order valence-corrected chi connectivity index (χ0v) is 13.5. The van der Waals surface area contributed by atoms with Gasteiger partial charge in [0.05, 0.1) is 19.9 Å². The molecule has 0 saturated heterocycles. The van der Waals surface area contributed by atoms with Crippen LogP contribution < -0.4 is 14.9 Å². The van der Waals surface area contributed by atoms with Gasteiger partial charge in [-0.05, 0) is 31.2 Å². The molecule has 126 valence electrons. The highest BCUT2D eigenvalue weighted by molar-refractivity contribution is 6.03. The number of benzene rings is 2. The van der Waals surface area contributed by atoms with Crippen molar-refractivity contribution in [3.63, 3.8) is 0 Å². The molecular weight excluding hydrogens is 312 g/mol. The summed E-state index contributed by atoms with van der Waals surface area (Å²) >= 11 is 0. The molecule has 0 fully saturated rings. The zero-order valence-electron chi connectivity index (χ0n) is 13.5. The van der Waals surface area contributed by atoms with Crippen molar-refractivity contribution in [3.05, 3.63) is 47.5 Å². The van der Waals surface area contributed by atoms with Crippen molar-refractivity contribution in [3.8, 4) is 23.0 Å². The Morgan fingerprint density at radius 1 is 1.04 bits per heavy atom. The topological polar surface area (TPSA) is 100 Å². The molecule has 7 nitrogen and oxygen atoms in total. The van der Waals surface area contributed by atoms with E-state index >= 15 is 0 Å². The fourth-order valence-corrected chi connectivity index (χ4v) is 2.08. The third kappa shape index (κ3) is 3.95. The van der Waals surface area contributed by atoms with Gasteiger partial charge in [-0.2, -0.15) is 5.10 Å². The second kappa shape index (κ2) is 7.36. The van der Waals surface area contributed by atoms with Crippen LogP contribution in [0.15, 0.2) is 41.5 Å². The molecule has 2 aromatic carbocycles. The first kappa shape index (κ1) is 17.1. The summed E-state index contributed by atoms with van der Waals surface area (Å²) in [6.45, 7) is 1.71. The average Bonchev–Trinajstić information content (AvgIpc) is 2.57. The summed E-state index contributed by atoms with van der Waals surface area (Å²) in [5, 5.41) is 22.9. The number of aromatic hydroxyl groups is 2. The first-order valence-electron chi connectivity index (χ1n) is 7.04. The van der Waals surface area contributed by atoms with Crippen LogP contribution in [0.5, 0.6) is 23.0 Å². The maximum absolute atomic E-state index is 12.0. The zero-order chi connectivity index (χ0) is 17.7. The lowest BCUT2D eigenvalue weighted by Crippen LogP contribution is -2.19. The largest absolute Gasteiger partial charge is 0.508 e. The van der Waals surface area contributed by atoms with Crippen LogP contribution in [-0.4, -0.2) is 36.1 Å². The fraction of sp³-hybridized carbons (Fsp3) is 0.176. The standard InChI is InChI=1S/C17H18N2O5/c1-10(15-5-4-14(23-2)9-16(15)24-3)18-19-17(22)11-6-12(20)8-13(21)7-11/h4-9,20-21H,1-3H3,(H,19,22)/b18-10-. The van der Waals surface area contributed by atoms with Crippen molar-refractivity contribution in [2.24, 2.45) is 5.10 Å². The molecule has 0 radical (unpaired) electrons. The molecule has 0 aromatic heterocycles. The Labute approximate surface area is 139 Å². The smallest absolute Gasteiger partial charge is 0.271 e. The van der Waals surface area contributed by atoms with Crippen molar-refractivity contribution in [2.75, 3.05) is 14.2 Å². The maximum atomic E-state index is 12.0. The van der Waals surface area contributed by atoms with Gasteiger partial charge < -0.3 is 19.7 Å². The molecule has 0 aliphatic heterocycles. The third-order valence-corrected chi connectivity index (χ3v) is 3.29. The highest BCUT2D eigenvalue weighted by Gasteiger charge is 2.11. The van der Waals surface area contributed by atoms with Gasteiger partial charge >= 0.3 is 0 Å². The van der Waals surface area contributed by atoms with Crippen LogP contribution in [0.2, 0.25) is 0 Å². The molecule has 0 atom stereocenters. The summed E-state index contributed by atoms with van der Waals surface area (Å²) in [5.41, 5.74) is 3.67. The average molecular weight is 330 g/mol. The molecule has 0 heterocycles. The number of methoxy groups -OCH3 is 2. The van der Waals surface area contributed by atoms with Gasteiger partial charge in [-0.25, -0.2) is 5.43 Å². The summed E-state index contributed by atoms with van der Waals surface area (Å²) in [6.07, 6.45) is 0. The number of amides is 1. The predicted molar refractivity (Wildman–Crippen MR) is 89.0 cm³/mol. The summed E-state index contributed by atoms with van der Waals surface area (Å²) in [6, 6.07) is 8.83. The van der Waals surface area contributed by atoms with Gasteiger partial charge in [0.25, 0.3) is 5.91 Å². The molecule has 0 unspecified atom stereocenters. The Balaban J connectivity index is 2.20. The number of nitrogens with one attached hydrogen (secondary N) is 1. The van der Waals surface area contributed by atoms with E-state index in [1.807, 2.05) is 0 Å². The van der Waals surface area contributed by atoms with Crippen LogP contribution in [0.3, 0.4) is 0 Å². The van der Waals surface area contributed by atoms with E-state index in [9.17, 15) is 15.0 Å². The van der Waals surface area contributed by atoms with Gasteiger partial charge in [0.15, 0.2) is 0 Å². The summed E-state index contributed by atoms with van der Waals surface area (Å²) in [4.78, 5) is 12.0. The third-order valence-electron chi connectivity index (χ3n) is 3.29. The predicted octanol–water partition coefficient (Wildman–Crippen LogP) is 2.27. The minimum absolute atomic E-state index is 0.0887. The first-order chi connectivity index (χ1) is 11.4. The molecule has 2 aromatic rings. The molecule has 24 heavy (non-hydrogen) atoms. The Hall–Kier alpha value is -3.22. The Morgan fingerprint density at radius 2 is 1.71 bits per heavy atom. The summed E-state index contributed by atoms with van der Waals surface area (Å²) < 4.78 is 10.4. The van der Waals surface area contributed by atoms with Gasteiger partial charge in [-0.1, -0.05) is 0 Å². The van der Waals surface area contributed by atoms with Crippen molar-refractivity contribution < 1.29 is 24.5 Å². The van der Waals surface area contributed by atoms with Gasteiger partial charge in [-0.3, -0.25) is 4.79 Å². The van der Waals surface area contributed by atoms with E-state index in [0.717, 1.165) is 6.07 Å². The molecule has 0 saturated carbocycles. The molecule has 0 bridgehead atoms. The van der Waals surface area contributed by atoms with Crippen LogP contribution in [0, 0.1) is 0 Å². The summed E-state index contributed by atoms with van der Waals surface area (Å²) in [7, 11) is 3.08. The van der Waals surface area contributed by atoms with Gasteiger partial charge in [0.2, 0.25) is 0 Å². The van der Waals surface area contributed by atoms with Crippen LogP contribution in [0.1, 0.15) is 22.8 Å². The van der Waals surface area contributed by atoms with E-state index in [0.29, 0.717) is 22.8 Å². The second-order valence-corrected chi connectivity index (χ2v) is 4.94. The summed E-state index contributed by atoms with van der Waals surface area (Å²) in [5.74, 6) is 0.214. The number of carbonyl (C=O) groups is 1. The molecular formula is C17H18N2O5. The highest BCUT2D eigenvalue weighted by Crippen LogP contribution is 2.25. The number of hydrazone groups is 1. The number of nitrogens with zero attached hydrogens (tertiary/aromatic N) is 1. The first-order valence-corrected chi connectivity index (χ1v) is 7.04. The lowest BCUT2D eigenvalue weighted by molar-refractivity contribution is 0.0954. The molecule has 0 aliphatic rings. The van der Waals surface area contributed by atoms with Gasteiger partial charge in [0, 0.05) is 23.3 Å². The Bertz CT molecular complexity index is 766. The van der Waals surface area contributed by atoms with E-state index in [1.54, 1.807) is 32.2 Å².